The number of imide groups is 1. The number of carbonyl (C=O) groups is 3. The summed E-state index contributed by atoms with van der Waals surface area (Å²) in [6, 6.07) is -0.319. The highest BCUT2D eigenvalue weighted by molar-refractivity contribution is 6.07. The molecule has 4 fully saturated rings. The first-order valence-corrected chi connectivity index (χ1v) is 12.1. The number of nitrogens with one attached hydrogen (secondary N) is 1. The van der Waals surface area contributed by atoms with Crippen molar-refractivity contribution in [1.29, 1.82) is 0 Å². The Morgan fingerprint density at radius 3 is 2.24 bits per heavy atom. The molecular weight excluding hydrogens is 492 g/mol. The van der Waals surface area contributed by atoms with E-state index in [-0.39, 0.29) is 50.6 Å². The van der Waals surface area contributed by atoms with E-state index in [4.69, 9.17) is 14.6 Å². The number of dihydropyridines is 1. The van der Waals surface area contributed by atoms with Gasteiger partial charge in [0, 0.05) is 34.0 Å². The summed E-state index contributed by atoms with van der Waals surface area (Å²) in [4.78, 5) is 42.9. The van der Waals surface area contributed by atoms with Gasteiger partial charge in [0.25, 0.3) is 5.91 Å². The van der Waals surface area contributed by atoms with Crippen molar-refractivity contribution >= 4 is 23.9 Å². The molecule has 214 valence electrons. The second-order valence-corrected chi connectivity index (χ2v) is 10.6. The molecule has 0 aliphatic carbocycles. The fourth-order valence-corrected chi connectivity index (χ4v) is 6.34. The van der Waals surface area contributed by atoms with Crippen molar-refractivity contribution in [1.82, 2.24) is 15.1 Å². The average molecular weight is 537 g/mol. The molecule has 6 aliphatic rings. The zero-order valence-electron chi connectivity index (χ0n) is 21.8. The van der Waals surface area contributed by atoms with Crippen LogP contribution in [-0.2, 0) is 23.9 Å². The van der Waals surface area contributed by atoms with Crippen LogP contribution in [0.1, 0.15) is 42.5 Å². The molecule has 3 amide bonds. The minimum atomic E-state index is -0.828. The zero-order chi connectivity index (χ0) is 26.7. The Balaban J connectivity index is 0.000000239. The van der Waals surface area contributed by atoms with Gasteiger partial charge in [-0.05, 0) is 39.3 Å². The molecule has 6 heterocycles. The van der Waals surface area contributed by atoms with Gasteiger partial charge in [0.15, 0.2) is 12.3 Å². The lowest BCUT2D eigenvalue weighted by atomic mass is 9.84. The maximum Gasteiger partial charge on any atom is 0.259 e. The third-order valence-electron chi connectivity index (χ3n) is 7.96. The summed E-state index contributed by atoms with van der Waals surface area (Å²) in [5.41, 5.74) is 1.10. The van der Waals surface area contributed by atoms with Crippen molar-refractivity contribution in [3.05, 3.63) is 23.3 Å². The van der Waals surface area contributed by atoms with Gasteiger partial charge >= 0.3 is 0 Å². The number of aliphatic imine (C=N–C) groups is 1. The first-order valence-electron chi connectivity index (χ1n) is 12.1. The number of hydrogen-bond donors (Lipinski definition) is 3. The van der Waals surface area contributed by atoms with Crippen molar-refractivity contribution < 1.29 is 34.1 Å². The number of fused-ring (bicyclic) bond motifs is 6. The highest BCUT2D eigenvalue weighted by atomic mass is 16.5. The van der Waals surface area contributed by atoms with Gasteiger partial charge in [-0.25, -0.2) is 0 Å². The normalized spacial score (nSPS) is 41.7. The van der Waals surface area contributed by atoms with Crippen LogP contribution in [0.15, 0.2) is 28.3 Å². The number of nitrogens with zero attached hydrogens (tertiary/aromatic N) is 3. The number of aliphatic hydroxyl groups is 2. The van der Waals surface area contributed by atoms with Crippen molar-refractivity contribution in [3.8, 4) is 0 Å². The molecule has 0 saturated carbocycles. The second kappa shape index (κ2) is 11.0. The standard InChI is InChI=1S/C12H18N2O3.C12H14N2O3.CH4O.2CH4/c2*1-6-4-12(2)9(13-5-6)7-8(17-12)11(16)14(3)10(7)15;1-2;;/h4,7-9,11,13,16H,5H2,1-3H3;4-5,7-9H,1-3H3;2H,1H3;2*1H4/t7-,8-,9-,11-,12-;7-,8-,9-,12-;;;/m00.../s1. The van der Waals surface area contributed by atoms with E-state index in [2.05, 4.69) is 16.4 Å². The molecule has 0 aromatic rings. The Hall–Kier alpha value is -2.44. The van der Waals surface area contributed by atoms with Gasteiger partial charge in [-0.15, -0.1) is 0 Å². The predicted octanol–water partition coefficient (Wildman–Crippen LogP) is 0.507. The summed E-state index contributed by atoms with van der Waals surface area (Å²) in [6.07, 6.45) is 3.86. The van der Waals surface area contributed by atoms with E-state index in [9.17, 15) is 19.5 Å². The van der Waals surface area contributed by atoms with Crippen LogP contribution in [-0.4, -0.2) is 113 Å². The summed E-state index contributed by atoms with van der Waals surface area (Å²) in [7, 11) is 4.12. The monoisotopic (exact) mass is 536 g/mol. The molecule has 6 aliphatic heterocycles. The van der Waals surface area contributed by atoms with E-state index >= 15 is 0 Å². The van der Waals surface area contributed by atoms with Gasteiger partial charge in [-0.1, -0.05) is 26.5 Å². The summed E-state index contributed by atoms with van der Waals surface area (Å²) < 4.78 is 11.7. The van der Waals surface area contributed by atoms with Gasteiger partial charge in [-0.3, -0.25) is 24.3 Å². The number of likely N-dealkylation sites (N-methyl/N-ethyl adjacent to an activating group) is 2. The topological polar surface area (TPSA) is 141 Å². The van der Waals surface area contributed by atoms with Gasteiger partial charge in [0.2, 0.25) is 11.8 Å². The van der Waals surface area contributed by atoms with Crippen LogP contribution in [0.5, 0.6) is 0 Å². The number of hydrogen-bond acceptors (Lipinski definition) is 9. The molecule has 0 spiro atoms. The molecule has 11 nitrogen and oxygen atoms in total. The Morgan fingerprint density at radius 2 is 1.61 bits per heavy atom. The molecule has 0 aromatic heterocycles. The van der Waals surface area contributed by atoms with E-state index in [0.29, 0.717) is 0 Å². The molecule has 4 saturated heterocycles. The summed E-state index contributed by atoms with van der Waals surface area (Å²) in [6.45, 7) is 8.61. The molecule has 0 aromatic carbocycles. The molecule has 11 heteroatoms. The van der Waals surface area contributed by atoms with Crippen molar-refractivity contribution in [3.63, 3.8) is 0 Å². The number of rotatable bonds is 0. The highest BCUT2D eigenvalue weighted by Crippen LogP contribution is 2.46. The molecule has 0 radical (unpaired) electrons. The first kappa shape index (κ1) is 31.8. The fourth-order valence-electron chi connectivity index (χ4n) is 6.34. The second-order valence-electron chi connectivity index (χ2n) is 10.6. The SMILES string of the molecule is C.C.CC1=C[C@]2(C)O[C@@H]3C(=O)N(C)C(=O)[C@@H]3[C@@H]2N=C1.CC1=C[C@]2(C)O[C@H]3[C@H](C(=O)N(C)[C@H]3O)[C@@H]2NC1.CO. The highest BCUT2D eigenvalue weighted by Gasteiger charge is 2.63. The Bertz CT molecular complexity index is 1060. The molecule has 38 heavy (non-hydrogen) atoms. The summed E-state index contributed by atoms with van der Waals surface area (Å²) in [5.74, 6) is -1.20. The predicted molar refractivity (Wildman–Crippen MR) is 143 cm³/mol. The summed E-state index contributed by atoms with van der Waals surface area (Å²) >= 11 is 0. The third kappa shape index (κ3) is 4.64. The molecule has 0 unspecified atom stereocenters. The van der Waals surface area contributed by atoms with E-state index in [1.807, 2.05) is 33.8 Å². The van der Waals surface area contributed by atoms with Crippen LogP contribution in [0.3, 0.4) is 0 Å². The van der Waals surface area contributed by atoms with Gasteiger partial charge in [-0.2, -0.15) is 0 Å². The van der Waals surface area contributed by atoms with Gasteiger partial charge in [0.1, 0.15) is 17.3 Å². The van der Waals surface area contributed by atoms with Crippen LogP contribution in [0.4, 0.5) is 0 Å². The number of allylic oxidation sites excluding steroid dienone is 1. The van der Waals surface area contributed by atoms with Crippen molar-refractivity contribution in [2.75, 3.05) is 27.7 Å². The smallest absolute Gasteiger partial charge is 0.259 e. The van der Waals surface area contributed by atoms with Crippen molar-refractivity contribution in [2.45, 2.75) is 84.3 Å². The maximum atomic E-state index is 12.1. The molecular formula is C27H44N4O7. The number of carbonyl (C=O) groups excluding carboxylic acids is 3. The molecule has 9 atom stereocenters. The van der Waals surface area contributed by atoms with Crippen LogP contribution in [0.2, 0.25) is 0 Å². The lowest BCUT2D eigenvalue weighted by Gasteiger charge is -2.36. The Kier molecular flexibility index (Phi) is 9.18. The van der Waals surface area contributed by atoms with E-state index < -0.39 is 35.6 Å². The van der Waals surface area contributed by atoms with Gasteiger partial charge in [0.05, 0.1) is 23.9 Å². The van der Waals surface area contributed by atoms with Crippen LogP contribution in [0.25, 0.3) is 0 Å². The largest absolute Gasteiger partial charge is 0.400 e. The Labute approximate surface area is 225 Å². The quantitative estimate of drug-likeness (QED) is 0.300. The zero-order valence-corrected chi connectivity index (χ0v) is 21.8. The molecule has 0 bridgehead atoms. The fraction of sp³-hybridized carbons (Fsp3) is 0.704. The average Bonchev–Trinajstić information content (AvgIpc) is 3.44. The van der Waals surface area contributed by atoms with Crippen LogP contribution >= 0.6 is 0 Å². The minimum Gasteiger partial charge on any atom is -0.400 e. The van der Waals surface area contributed by atoms with Crippen molar-refractivity contribution in [2.24, 2.45) is 16.8 Å². The van der Waals surface area contributed by atoms with E-state index in [1.165, 1.54) is 17.5 Å². The number of ether oxygens (including phenoxy) is 2. The van der Waals surface area contributed by atoms with Crippen LogP contribution in [0, 0.1) is 11.8 Å². The summed E-state index contributed by atoms with van der Waals surface area (Å²) in [5, 5.41) is 20.4. The molecule has 6 rings (SSSR count). The van der Waals surface area contributed by atoms with E-state index in [0.717, 1.165) is 24.1 Å². The van der Waals surface area contributed by atoms with E-state index in [1.54, 1.807) is 13.3 Å². The third-order valence-corrected chi connectivity index (χ3v) is 7.96. The minimum absolute atomic E-state index is 0. The number of likely N-dealkylation sites (tertiary alicyclic amines) is 2. The lowest BCUT2D eigenvalue weighted by molar-refractivity contribution is -0.144. The maximum absolute atomic E-state index is 12.1. The van der Waals surface area contributed by atoms with Gasteiger partial charge < -0.3 is 29.9 Å². The number of aliphatic hydroxyl groups excluding tert-OH is 2. The Morgan fingerprint density at radius 1 is 0.974 bits per heavy atom. The first-order chi connectivity index (χ1) is 16.9. The van der Waals surface area contributed by atoms with Crippen LogP contribution < -0.4 is 5.32 Å². The lowest BCUT2D eigenvalue weighted by Crippen LogP contribution is -2.53. The number of amides is 3. The molecule has 3 N–H and O–H groups in total.